The van der Waals surface area contributed by atoms with E-state index in [4.69, 9.17) is 5.73 Å². The molecule has 0 aliphatic heterocycles. The Balaban J connectivity index is 2.93. The van der Waals surface area contributed by atoms with Crippen LogP contribution in [0.5, 0.6) is 0 Å². The summed E-state index contributed by atoms with van der Waals surface area (Å²) in [5.74, 6) is 0. The Morgan fingerprint density at radius 3 is 2.83 bits per heavy atom. The van der Waals surface area contributed by atoms with E-state index in [2.05, 4.69) is 10.1 Å². The van der Waals surface area contributed by atoms with Gasteiger partial charge in [-0.25, -0.2) is 9.50 Å². The van der Waals surface area contributed by atoms with Crippen LogP contribution in [0.1, 0.15) is 11.3 Å². The van der Waals surface area contributed by atoms with Crippen LogP contribution in [0, 0.1) is 13.8 Å². The number of aromatic nitrogens is 3. The molecule has 2 N–H and O–H groups in total. The summed E-state index contributed by atoms with van der Waals surface area (Å²) in [7, 11) is 0. The second-order valence-electron chi connectivity index (χ2n) is 2.86. The van der Waals surface area contributed by atoms with Crippen LogP contribution in [0.4, 0.5) is 5.69 Å². The predicted octanol–water partition coefficient (Wildman–Crippen LogP) is 0.928. The summed E-state index contributed by atoms with van der Waals surface area (Å²) in [4.78, 5) is 4.18. The molecule has 0 aliphatic carbocycles. The first-order valence-corrected chi connectivity index (χ1v) is 3.75. The molecule has 62 valence electrons. The van der Waals surface area contributed by atoms with Gasteiger partial charge in [0.1, 0.15) is 0 Å². The molecule has 0 unspecified atom stereocenters. The average molecular weight is 162 g/mol. The van der Waals surface area contributed by atoms with Crippen LogP contribution in [-0.4, -0.2) is 14.6 Å². The smallest absolute Gasteiger partial charge is 0.178 e. The minimum Gasteiger partial charge on any atom is -0.394 e. The van der Waals surface area contributed by atoms with Crippen molar-refractivity contribution in [2.75, 3.05) is 5.73 Å². The Morgan fingerprint density at radius 1 is 1.33 bits per heavy atom. The quantitative estimate of drug-likeness (QED) is 0.627. The lowest BCUT2D eigenvalue weighted by Crippen LogP contribution is -1.98. The van der Waals surface area contributed by atoms with Crippen molar-refractivity contribution in [2.45, 2.75) is 13.8 Å². The molecule has 2 aromatic rings. The van der Waals surface area contributed by atoms with E-state index >= 15 is 0 Å². The van der Waals surface area contributed by atoms with Gasteiger partial charge in [0, 0.05) is 11.9 Å². The summed E-state index contributed by atoms with van der Waals surface area (Å²) in [6.45, 7) is 4.00. The Hall–Kier alpha value is -1.58. The first-order valence-electron chi connectivity index (χ1n) is 3.75. The van der Waals surface area contributed by atoms with Crippen molar-refractivity contribution in [3.8, 4) is 0 Å². The van der Waals surface area contributed by atoms with Gasteiger partial charge in [-0.05, 0) is 19.4 Å². The van der Waals surface area contributed by atoms with E-state index in [1.54, 1.807) is 10.7 Å². The summed E-state index contributed by atoms with van der Waals surface area (Å²) < 4.78 is 1.75. The lowest BCUT2D eigenvalue weighted by atomic mass is 10.3. The number of hydrogen-bond donors (Lipinski definition) is 1. The van der Waals surface area contributed by atoms with Crippen molar-refractivity contribution >= 4 is 11.3 Å². The Morgan fingerprint density at radius 2 is 2.08 bits per heavy atom. The van der Waals surface area contributed by atoms with Crippen LogP contribution in [-0.2, 0) is 0 Å². The SMILES string of the molecule is Cc1cnc2c(N)cnn2c1C. The maximum atomic E-state index is 5.65. The molecule has 0 amide bonds. The minimum atomic E-state index is 0.623. The first kappa shape index (κ1) is 7.09. The lowest BCUT2D eigenvalue weighted by Gasteiger charge is -2.01. The molecular weight excluding hydrogens is 152 g/mol. The van der Waals surface area contributed by atoms with Crippen molar-refractivity contribution in [2.24, 2.45) is 0 Å². The summed E-state index contributed by atoms with van der Waals surface area (Å²) in [5, 5.41) is 4.11. The normalized spacial score (nSPS) is 10.8. The number of rotatable bonds is 0. The van der Waals surface area contributed by atoms with E-state index in [9.17, 15) is 0 Å². The third-order valence-corrected chi connectivity index (χ3v) is 2.04. The average Bonchev–Trinajstić information content (AvgIpc) is 2.41. The lowest BCUT2D eigenvalue weighted by molar-refractivity contribution is 0.881. The minimum absolute atomic E-state index is 0.623. The van der Waals surface area contributed by atoms with Crippen molar-refractivity contribution in [1.29, 1.82) is 0 Å². The van der Waals surface area contributed by atoms with Gasteiger partial charge in [-0.3, -0.25) is 0 Å². The highest BCUT2D eigenvalue weighted by atomic mass is 15.3. The summed E-state index contributed by atoms with van der Waals surface area (Å²) in [6.07, 6.45) is 3.43. The van der Waals surface area contributed by atoms with Crippen LogP contribution in [0.15, 0.2) is 12.4 Å². The molecule has 0 radical (unpaired) electrons. The molecule has 4 heteroatoms. The standard InChI is InChI=1S/C8H10N4/c1-5-3-10-8-7(9)4-11-12(8)6(5)2/h3-4H,9H2,1-2H3. The van der Waals surface area contributed by atoms with Gasteiger partial charge in [0.2, 0.25) is 0 Å². The zero-order valence-corrected chi connectivity index (χ0v) is 7.07. The molecule has 0 saturated heterocycles. The second kappa shape index (κ2) is 2.20. The van der Waals surface area contributed by atoms with Crippen molar-refractivity contribution < 1.29 is 0 Å². The fraction of sp³-hybridized carbons (Fsp3) is 0.250. The number of anilines is 1. The first-order chi connectivity index (χ1) is 5.70. The molecule has 0 spiro atoms. The van der Waals surface area contributed by atoms with Crippen LogP contribution in [0.2, 0.25) is 0 Å². The van der Waals surface area contributed by atoms with Gasteiger partial charge in [-0.1, -0.05) is 0 Å². The number of nitrogens with zero attached hydrogens (tertiary/aromatic N) is 3. The Bertz CT molecular complexity index is 430. The molecule has 0 aromatic carbocycles. The van der Waals surface area contributed by atoms with Crippen molar-refractivity contribution in [3.05, 3.63) is 23.7 Å². The maximum Gasteiger partial charge on any atom is 0.178 e. The number of nitrogens with two attached hydrogens (primary N) is 1. The molecule has 0 atom stereocenters. The van der Waals surface area contributed by atoms with Crippen LogP contribution >= 0.6 is 0 Å². The second-order valence-corrected chi connectivity index (χ2v) is 2.86. The summed E-state index contributed by atoms with van der Waals surface area (Å²) in [6, 6.07) is 0. The van der Waals surface area contributed by atoms with Gasteiger partial charge >= 0.3 is 0 Å². The van der Waals surface area contributed by atoms with E-state index in [0.717, 1.165) is 16.9 Å². The van der Waals surface area contributed by atoms with Gasteiger partial charge in [-0.2, -0.15) is 5.10 Å². The van der Waals surface area contributed by atoms with Gasteiger partial charge in [0.15, 0.2) is 5.65 Å². The summed E-state index contributed by atoms with van der Waals surface area (Å²) >= 11 is 0. The van der Waals surface area contributed by atoms with E-state index in [1.807, 2.05) is 20.0 Å². The topological polar surface area (TPSA) is 56.2 Å². The van der Waals surface area contributed by atoms with Crippen LogP contribution in [0.3, 0.4) is 0 Å². The molecule has 2 heterocycles. The van der Waals surface area contributed by atoms with E-state index in [1.165, 1.54) is 0 Å². The zero-order valence-electron chi connectivity index (χ0n) is 7.07. The van der Waals surface area contributed by atoms with E-state index < -0.39 is 0 Å². The largest absolute Gasteiger partial charge is 0.394 e. The Labute approximate surface area is 70.0 Å². The number of nitrogen functional groups attached to an aromatic ring is 1. The van der Waals surface area contributed by atoms with Crippen molar-refractivity contribution in [3.63, 3.8) is 0 Å². The molecule has 12 heavy (non-hydrogen) atoms. The Kier molecular flexibility index (Phi) is 1.30. The molecule has 2 aromatic heterocycles. The highest BCUT2D eigenvalue weighted by Gasteiger charge is 2.04. The van der Waals surface area contributed by atoms with E-state index in [0.29, 0.717) is 5.69 Å². The molecule has 0 aliphatic rings. The molecule has 2 rings (SSSR count). The third kappa shape index (κ3) is 0.777. The third-order valence-electron chi connectivity index (χ3n) is 2.04. The fourth-order valence-corrected chi connectivity index (χ4v) is 1.15. The van der Waals surface area contributed by atoms with E-state index in [-0.39, 0.29) is 0 Å². The molecule has 4 nitrogen and oxygen atoms in total. The number of fused-ring (bicyclic) bond motifs is 1. The predicted molar refractivity (Wildman–Crippen MR) is 46.9 cm³/mol. The molecule has 0 saturated carbocycles. The fourth-order valence-electron chi connectivity index (χ4n) is 1.15. The zero-order chi connectivity index (χ0) is 8.72. The molecular formula is C8H10N4. The van der Waals surface area contributed by atoms with Gasteiger partial charge in [0.05, 0.1) is 11.9 Å². The monoisotopic (exact) mass is 162 g/mol. The maximum absolute atomic E-state index is 5.65. The highest BCUT2D eigenvalue weighted by Crippen LogP contribution is 2.13. The van der Waals surface area contributed by atoms with Gasteiger partial charge in [-0.15, -0.1) is 0 Å². The molecule has 0 bridgehead atoms. The van der Waals surface area contributed by atoms with Gasteiger partial charge in [0.25, 0.3) is 0 Å². The van der Waals surface area contributed by atoms with Crippen LogP contribution < -0.4 is 5.73 Å². The number of hydrogen-bond acceptors (Lipinski definition) is 3. The number of aryl methyl sites for hydroxylation is 2. The van der Waals surface area contributed by atoms with Crippen LogP contribution in [0.25, 0.3) is 5.65 Å². The summed E-state index contributed by atoms with van der Waals surface area (Å²) in [5.41, 5.74) is 9.20. The van der Waals surface area contributed by atoms with Crippen molar-refractivity contribution in [1.82, 2.24) is 14.6 Å². The highest BCUT2D eigenvalue weighted by molar-refractivity contribution is 5.63. The van der Waals surface area contributed by atoms with Gasteiger partial charge < -0.3 is 5.73 Å². The molecule has 0 fully saturated rings.